The van der Waals surface area contributed by atoms with Crippen LogP contribution in [0, 0.1) is 29.6 Å². The molecule has 3 aliphatic carbocycles. The summed E-state index contributed by atoms with van der Waals surface area (Å²) in [6.45, 7) is 2.89. The molecule has 3 rings (SSSR count). The van der Waals surface area contributed by atoms with Crippen LogP contribution in [0.25, 0.3) is 0 Å². The number of hydrogen-bond donors (Lipinski definition) is 2. The average molecular weight is 264 g/mol. The second-order valence-electron chi connectivity index (χ2n) is 7.17. The monoisotopic (exact) mass is 264 g/mol. The zero-order chi connectivity index (χ0) is 13.4. The standard InChI is InChI=1S/C16H28N2O/c1-10(15-8-11-5-6-12(15)7-11)18-16(19)14-4-2-3-13(14)9-17/h10-15H,2-9,17H2,1H3,(H,18,19)/t10?,11?,12?,13-,14-,15?/m1/s1. The Morgan fingerprint density at radius 2 is 2.11 bits per heavy atom. The summed E-state index contributed by atoms with van der Waals surface area (Å²) in [6.07, 6.45) is 8.93. The summed E-state index contributed by atoms with van der Waals surface area (Å²) in [7, 11) is 0. The van der Waals surface area contributed by atoms with E-state index in [4.69, 9.17) is 5.73 Å². The number of rotatable bonds is 4. The van der Waals surface area contributed by atoms with Gasteiger partial charge in [-0.25, -0.2) is 0 Å². The molecule has 3 fully saturated rings. The normalized spacial score (nSPS) is 42.5. The van der Waals surface area contributed by atoms with Gasteiger partial charge in [0.25, 0.3) is 0 Å². The lowest BCUT2D eigenvalue weighted by Gasteiger charge is -2.30. The van der Waals surface area contributed by atoms with Crippen LogP contribution in [-0.4, -0.2) is 18.5 Å². The summed E-state index contributed by atoms with van der Waals surface area (Å²) in [4.78, 5) is 12.4. The fourth-order valence-electron chi connectivity index (χ4n) is 5.01. The highest BCUT2D eigenvalue weighted by molar-refractivity contribution is 5.79. The highest BCUT2D eigenvalue weighted by atomic mass is 16.2. The number of amides is 1. The molecule has 3 nitrogen and oxygen atoms in total. The number of nitrogens with one attached hydrogen (secondary N) is 1. The van der Waals surface area contributed by atoms with Crippen molar-refractivity contribution in [2.45, 2.75) is 57.9 Å². The maximum Gasteiger partial charge on any atom is 0.223 e. The van der Waals surface area contributed by atoms with Crippen LogP contribution in [0.4, 0.5) is 0 Å². The summed E-state index contributed by atoms with van der Waals surface area (Å²) in [5, 5.41) is 3.32. The number of hydrogen-bond acceptors (Lipinski definition) is 2. The molecule has 4 unspecified atom stereocenters. The van der Waals surface area contributed by atoms with Crippen molar-refractivity contribution in [3.8, 4) is 0 Å². The van der Waals surface area contributed by atoms with E-state index in [-0.39, 0.29) is 11.8 Å². The van der Waals surface area contributed by atoms with Crippen LogP contribution >= 0.6 is 0 Å². The van der Waals surface area contributed by atoms with Crippen molar-refractivity contribution in [3.05, 3.63) is 0 Å². The third kappa shape index (κ3) is 2.54. The molecule has 108 valence electrons. The van der Waals surface area contributed by atoms with Gasteiger partial charge in [-0.3, -0.25) is 4.79 Å². The van der Waals surface area contributed by atoms with Gasteiger partial charge in [0, 0.05) is 12.0 Å². The Bertz CT molecular complexity index is 344. The Labute approximate surface area is 116 Å². The minimum Gasteiger partial charge on any atom is -0.353 e. The first kappa shape index (κ1) is 13.4. The van der Waals surface area contributed by atoms with E-state index in [0.29, 0.717) is 18.5 Å². The molecule has 0 spiro atoms. The van der Waals surface area contributed by atoms with Gasteiger partial charge < -0.3 is 11.1 Å². The minimum atomic E-state index is 0.186. The Morgan fingerprint density at radius 3 is 2.74 bits per heavy atom. The van der Waals surface area contributed by atoms with Crippen LogP contribution in [0.1, 0.15) is 51.9 Å². The van der Waals surface area contributed by atoms with E-state index in [1.165, 1.54) is 32.1 Å². The molecule has 19 heavy (non-hydrogen) atoms. The summed E-state index contributed by atoms with van der Waals surface area (Å²) in [5.41, 5.74) is 5.78. The van der Waals surface area contributed by atoms with E-state index in [2.05, 4.69) is 12.2 Å². The molecule has 0 aromatic rings. The largest absolute Gasteiger partial charge is 0.353 e. The number of fused-ring (bicyclic) bond motifs is 2. The van der Waals surface area contributed by atoms with Gasteiger partial charge in [-0.05, 0) is 69.2 Å². The first-order valence-electron chi connectivity index (χ1n) is 8.19. The Morgan fingerprint density at radius 1 is 1.26 bits per heavy atom. The minimum absolute atomic E-state index is 0.186. The molecule has 0 aliphatic heterocycles. The van der Waals surface area contributed by atoms with Gasteiger partial charge in [0.15, 0.2) is 0 Å². The molecule has 3 aliphatic rings. The summed E-state index contributed by atoms with van der Waals surface area (Å²) < 4.78 is 0. The third-order valence-electron chi connectivity index (χ3n) is 6.10. The predicted octanol–water partition coefficient (Wildman–Crippen LogP) is 2.30. The van der Waals surface area contributed by atoms with Crippen LogP contribution < -0.4 is 11.1 Å². The molecule has 0 saturated heterocycles. The van der Waals surface area contributed by atoms with E-state index in [1.807, 2.05) is 0 Å². The van der Waals surface area contributed by atoms with E-state index in [0.717, 1.165) is 30.6 Å². The zero-order valence-corrected chi connectivity index (χ0v) is 12.1. The van der Waals surface area contributed by atoms with Crippen LogP contribution in [-0.2, 0) is 4.79 Å². The molecule has 0 aromatic heterocycles. The average Bonchev–Trinajstić information content (AvgIpc) is 3.13. The van der Waals surface area contributed by atoms with Gasteiger partial charge >= 0.3 is 0 Å². The summed E-state index contributed by atoms with van der Waals surface area (Å²) in [6, 6.07) is 0.363. The van der Waals surface area contributed by atoms with Gasteiger partial charge in [-0.15, -0.1) is 0 Å². The molecule has 0 heterocycles. The lowest BCUT2D eigenvalue weighted by molar-refractivity contribution is -0.127. The fourth-order valence-corrected chi connectivity index (χ4v) is 5.01. The molecule has 3 saturated carbocycles. The first-order valence-corrected chi connectivity index (χ1v) is 8.19. The van der Waals surface area contributed by atoms with Gasteiger partial charge in [0.1, 0.15) is 0 Å². The smallest absolute Gasteiger partial charge is 0.223 e. The Balaban J connectivity index is 1.54. The number of carbonyl (C=O) groups is 1. The lowest BCUT2D eigenvalue weighted by atomic mass is 9.83. The number of carbonyl (C=O) groups excluding carboxylic acids is 1. The van der Waals surface area contributed by atoms with Crippen LogP contribution in [0.15, 0.2) is 0 Å². The molecule has 3 N–H and O–H groups in total. The molecular formula is C16H28N2O. The molecule has 1 amide bonds. The molecular weight excluding hydrogens is 236 g/mol. The molecule has 0 aromatic carbocycles. The molecule has 2 bridgehead atoms. The zero-order valence-electron chi connectivity index (χ0n) is 12.1. The fraction of sp³-hybridized carbons (Fsp3) is 0.938. The molecule has 3 heteroatoms. The van der Waals surface area contributed by atoms with Crippen molar-refractivity contribution in [3.63, 3.8) is 0 Å². The Hall–Kier alpha value is -0.570. The SMILES string of the molecule is CC(NC(=O)[C@@H]1CCC[C@@H]1CN)C1CC2CCC1C2. The second kappa shape index (κ2) is 5.43. The summed E-state index contributed by atoms with van der Waals surface area (Å²) in [5.74, 6) is 3.47. The van der Waals surface area contributed by atoms with Crippen molar-refractivity contribution in [1.82, 2.24) is 5.32 Å². The molecule has 6 atom stereocenters. The Kier molecular flexibility index (Phi) is 3.84. The van der Waals surface area contributed by atoms with E-state index in [9.17, 15) is 4.79 Å². The lowest BCUT2D eigenvalue weighted by Crippen LogP contribution is -2.44. The van der Waals surface area contributed by atoms with Crippen molar-refractivity contribution < 1.29 is 4.79 Å². The second-order valence-corrected chi connectivity index (χ2v) is 7.17. The van der Waals surface area contributed by atoms with Crippen LogP contribution in [0.2, 0.25) is 0 Å². The van der Waals surface area contributed by atoms with Gasteiger partial charge in [0.2, 0.25) is 5.91 Å². The maximum atomic E-state index is 12.4. The number of nitrogens with two attached hydrogens (primary N) is 1. The van der Waals surface area contributed by atoms with Crippen molar-refractivity contribution in [2.75, 3.05) is 6.54 Å². The van der Waals surface area contributed by atoms with Crippen LogP contribution in [0.3, 0.4) is 0 Å². The van der Waals surface area contributed by atoms with Gasteiger partial charge in [0.05, 0.1) is 0 Å². The highest BCUT2D eigenvalue weighted by Crippen LogP contribution is 2.49. The van der Waals surface area contributed by atoms with Crippen molar-refractivity contribution in [2.24, 2.45) is 35.3 Å². The highest BCUT2D eigenvalue weighted by Gasteiger charge is 2.42. The first-order chi connectivity index (χ1) is 9.19. The van der Waals surface area contributed by atoms with Gasteiger partial charge in [-0.2, -0.15) is 0 Å². The van der Waals surface area contributed by atoms with E-state index >= 15 is 0 Å². The van der Waals surface area contributed by atoms with Crippen molar-refractivity contribution >= 4 is 5.91 Å². The summed E-state index contributed by atoms with van der Waals surface area (Å²) >= 11 is 0. The van der Waals surface area contributed by atoms with E-state index < -0.39 is 0 Å². The van der Waals surface area contributed by atoms with Crippen molar-refractivity contribution in [1.29, 1.82) is 0 Å². The molecule has 0 radical (unpaired) electrons. The van der Waals surface area contributed by atoms with E-state index in [1.54, 1.807) is 0 Å². The third-order valence-corrected chi connectivity index (χ3v) is 6.10. The quantitative estimate of drug-likeness (QED) is 0.818. The maximum absolute atomic E-state index is 12.4. The van der Waals surface area contributed by atoms with Gasteiger partial charge in [-0.1, -0.05) is 12.8 Å². The van der Waals surface area contributed by atoms with Crippen LogP contribution in [0.5, 0.6) is 0 Å². The predicted molar refractivity (Wildman–Crippen MR) is 76.4 cm³/mol. The topological polar surface area (TPSA) is 55.1 Å².